The summed E-state index contributed by atoms with van der Waals surface area (Å²) in [5.41, 5.74) is 1.41. The van der Waals surface area contributed by atoms with E-state index < -0.39 is 11.8 Å². The maximum absolute atomic E-state index is 11.8. The Balaban J connectivity index is 2.71. The first-order valence-electron chi connectivity index (χ1n) is 5.97. The number of carbonyl (C=O) groups is 2. The zero-order valence-corrected chi connectivity index (χ0v) is 10.8. The number of rotatable bonds is 5. The summed E-state index contributed by atoms with van der Waals surface area (Å²) in [6.45, 7) is 1.33. The maximum atomic E-state index is 11.8. The smallest absolute Gasteiger partial charge is 0.313 e. The highest BCUT2D eigenvalue weighted by Crippen LogP contribution is 2.13. The summed E-state index contributed by atoms with van der Waals surface area (Å²) in [5.74, 6) is -1.55. The molecule has 3 N–H and O–H groups in total. The van der Waals surface area contributed by atoms with E-state index in [-0.39, 0.29) is 26.3 Å². The molecule has 1 rings (SSSR count). The van der Waals surface area contributed by atoms with Crippen LogP contribution in [0.25, 0.3) is 0 Å². The minimum absolute atomic E-state index is 0.0145. The van der Waals surface area contributed by atoms with Crippen LogP contribution < -0.4 is 5.32 Å². The molecule has 0 saturated carbocycles. The Morgan fingerprint density at radius 2 is 1.74 bits per heavy atom. The van der Waals surface area contributed by atoms with Gasteiger partial charge in [0, 0.05) is 18.8 Å². The summed E-state index contributed by atoms with van der Waals surface area (Å²) < 4.78 is 0. The van der Waals surface area contributed by atoms with E-state index in [2.05, 4.69) is 5.32 Å². The van der Waals surface area contributed by atoms with E-state index in [4.69, 9.17) is 10.2 Å². The van der Waals surface area contributed by atoms with Crippen LogP contribution >= 0.6 is 0 Å². The summed E-state index contributed by atoms with van der Waals surface area (Å²) in [5, 5.41) is 20.2. The van der Waals surface area contributed by atoms with E-state index in [1.165, 1.54) is 0 Å². The Morgan fingerprint density at radius 1 is 1.16 bits per heavy atom. The SMILES string of the molecule is Cc1ccccc1NC(=O)C(=O)N(CCO)CCO. The molecule has 6 nitrogen and oxygen atoms in total. The van der Waals surface area contributed by atoms with E-state index in [0.717, 1.165) is 10.5 Å². The number of hydrogen-bond donors (Lipinski definition) is 3. The topological polar surface area (TPSA) is 89.9 Å². The lowest BCUT2D eigenvalue weighted by molar-refractivity contribution is -0.143. The summed E-state index contributed by atoms with van der Waals surface area (Å²) in [6, 6.07) is 7.10. The van der Waals surface area contributed by atoms with Gasteiger partial charge in [-0.3, -0.25) is 9.59 Å². The Bertz CT molecular complexity index is 442. The molecular weight excluding hydrogens is 248 g/mol. The van der Waals surface area contributed by atoms with E-state index in [1.807, 2.05) is 19.1 Å². The molecule has 0 spiro atoms. The Labute approximate surface area is 111 Å². The van der Waals surface area contributed by atoms with Crippen LogP contribution in [0.15, 0.2) is 24.3 Å². The van der Waals surface area contributed by atoms with Gasteiger partial charge in [0.2, 0.25) is 0 Å². The van der Waals surface area contributed by atoms with Gasteiger partial charge in [-0.05, 0) is 18.6 Å². The average Bonchev–Trinajstić information content (AvgIpc) is 2.40. The number of aliphatic hydroxyl groups is 2. The largest absolute Gasteiger partial charge is 0.395 e. The summed E-state index contributed by atoms with van der Waals surface area (Å²) >= 11 is 0. The van der Waals surface area contributed by atoms with Crippen molar-refractivity contribution < 1.29 is 19.8 Å². The number of amides is 2. The van der Waals surface area contributed by atoms with E-state index in [9.17, 15) is 9.59 Å². The van der Waals surface area contributed by atoms with Crippen molar-refractivity contribution in [3.05, 3.63) is 29.8 Å². The van der Waals surface area contributed by atoms with Gasteiger partial charge >= 0.3 is 11.8 Å². The number of para-hydroxylation sites is 1. The fourth-order valence-corrected chi connectivity index (χ4v) is 1.59. The molecule has 0 fully saturated rings. The molecule has 19 heavy (non-hydrogen) atoms. The Kier molecular flexibility index (Phi) is 5.98. The van der Waals surface area contributed by atoms with Crippen molar-refractivity contribution in [1.82, 2.24) is 4.90 Å². The molecule has 0 aliphatic carbocycles. The van der Waals surface area contributed by atoms with Crippen LogP contribution in [0.2, 0.25) is 0 Å². The molecule has 0 aromatic heterocycles. The predicted octanol–water partition coefficient (Wildman–Crippen LogP) is -0.253. The normalized spacial score (nSPS) is 10.1. The molecule has 104 valence electrons. The Morgan fingerprint density at radius 3 is 2.26 bits per heavy atom. The lowest BCUT2D eigenvalue weighted by Crippen LogP contribution is -2.42. The van der Waals surface area contributed by atoms with Gasteiger partial charge in [0.1, 0.15) is 0 Å². The first-order chi connectivity index (χ1) is 9.10. The van der Waals surface area contributed by atoms with Crippen molar-refractivity contribution in [3.63, 3.8) is 0 Å². The van der Waals surface area contributed by atoms with E-state index in [0.29, 0.717) is 5.69 Å². The van der Waals surface area contributed by atoms with Gasteiger partial charge in [-0.25, -0.2) is 0 Å². The highest BCUT2D eigenvalue weighted by atomic mass is 16.3. The van der Waals surface area contributed by atoms with Gasteiger partial charge in [0.05, 0.1) is 13.2 Å². The summed E-state index contributed by atoms with van der Waals surface area (Å²) in [6.07, 6.45) is 0. The maximum Gasteiger partial charge on any atom is 0.313 e. The third-order valence-corrected chi connectivity index (χ3v) is 2.61. The van der Waals surface area contributed by atoms with E-state index >= 15 is 0 Å². The highest BCUT2D eigenvalue weighted by molar-refractivity contribution is 6.39. The van der Waals surface area contributed by atoms with Crippen molar-refractivity contribution in [2.45, 2.75) is 6.92 Å². The third kappa shape index (κ3) is 4.35. The third-order valence-electron chi connectivity index (χ3n) is 2.61. The van der Waals surface area contributed by atoms with Crippen LogP contribution in [0.3, 0.4) is 0 Å². The van der Waals surface area contributed by atoms with Gasteiger partial charge < -0.3 is 20.4 Å². The van der Waals surface area contributed by atoms with Crippen LogP contribution in [-0.4, -0.2) is 53.2 Å². The molecule has 0 unspecified atom stereocenters. The monoisotopic (exact) mass is 266 g/mol. The van der Waals surface area contributed by atoms with Gasteiger partial charge in [-0.15, -0.1) is 0 Å². The number of aryl methyl sites for hydroxylation is 1. The molecule has 0 bridgehead atoms. The summed E-state index contributed by atoms with van der Waals surface area (Å²) in [4.78, 5) is 24.7. The number of nitrogens with zero attached hydrogens (tertiary/aromatic N) is 1. The molecule has 0 saturated heterocycles. The lowest BCUT2D eigenvalue weighted by Gasteiger charge is -2.20. The second-order valence-corrected chi connectivity index (χ2v) is 4.01. The van der Waals surface area contributed by atoms with Crippen LogP contribution in [0, 0.1) is 6.92 Å². The standard InChI is InChI=1S/C13H18N2O4/c1-10-4-2-3-5-11(10)14-12(18)13(19)15(6-8-16)7-9-17/h2-5,16-17H,6-9H2,1H3,(H,14,18). The molecule has 0 atom stereocenters. The fraction of sp³-hybridized carbons (Fsp3) is 0.385. The van der Waals surface area contributed by atoms with Gasteiger partial charge in [-0.1, -0.05) is 18.2 Å². The second kappa shape index (κ2) is 7.50. The Hall–Kier alpha value is -1.92. The second-order valence-electron chi connectivity index (χ2n) is 4.01. The van der Waals surface area contributed by atoms with Crippen LogP contribution in [0.4, 0.5) is 5.69 Å². The highest BCUT2D eigenvalue weighted by Gasteiger charge is 2.21. The first-order valence-corrected chi connectivity index (χ1v) is 5.97. The number of nitrogens with one attached hydrogen (secondary N) is 1. The van der Waals surface area contributed by atoms with Gasteiger partial charge in [0.25, 0.3) is 0 Å². The van der Waals surface area contributed by atoms with E-state index in [1.54, 1.807) is 12.1 Å². The fourth-order valence-electron chi connectivity index (χ4n) is 1.59. The summed E-state index contributed by atoms with van der Waals surface area (Å²) in [7, 11) is 0. The number of hydrogen-bond acceptors (Lipinski definition) is 4. The number of anilines is 1. The number of aliphatic hydroxyl groups excluding tert-OH is 2. The molecule has 0 aliphatic heterocycles. The van der Waals surface area contributed by atoms with Crippen LogP contribution in [0.1, 0.15) is 5.56 Å². The minimum Gasteiger partial charge on any atom is -0.395 e. The minimum atomic E-state index is -0.781. The molecule has 0 aliphatic rings. The van der Waals surface area contributed by atoms with Crippen molar-refractivity contribution in [3.8, 4) is 0 Å². The molecule has 1 aromatic rings. The molecule has 0 radical (unpaired) electrons. The zero-order valence-electron chi connectivity index (χ0n) is 10.8. The number of benzene rings is 1. The van der Waals surface area contributed by atoms with Crippen molar-refractivity contribution in [2.24, 2.45) is 0 Å². The van der Waals surface area contributed by atoms with Crippen molar-refractivity contribution >= 4 is 17.5 Å². The molecule has 0 heterocycles. The quantitative estimate of drug-likeness (QED) is 0.641. The predicted molar refractivity (Wildman–Crippen MR) is 70.6 cm³/mol. The van der Waals surface area contributed by atoms with Gasteiger partial charge in [0.15, 0.2) is 0 Å². The van der Waals surface area contributed by atoms with Crippen molar-refractivity contribution in [2.75, 3.05) is 31.6 Å². The first kappa shape index (κ1) is 15.1. The molecule has 6 heteroatoms. The van der Waals surface area contributed by atoms with Crippen LogP contribution in [-0.2, 0) is 9.59 Å². The number of carbonyl (C=O) groups excluding carboxylic acids is 2. The molecule has 1 aromatic carbocycles. The van der Waals surface area contributed by atoms with Crippen molar-refractivity contribution in [1.29, 1.82) is 0 Å². The molecule has 2 amide bonds. The zero-order chi connectivity index (χ0) is 14.3. The van der Waals surface area contributed by atoms with Crippen LogP contribution in [0.5, 0.6) is 0 Å². The lowest BCUT2D eigenvalue weighted by atomic mass is 10.2. The van der Waals surface area contributed by atoms with Gasteiger partial charge in [-0.2, -0.15) is 0 Å². The average molecular weight is 266 g/mol. The molecular formula is C13H18N2O4.